The van der Waals surface area contributed by atoms with Gasteiger partial charge in [-0.25, -0.2) is 13.2 Å². The number of nitrogens with one attached hydrogen (secondary N) is 1. The lowest BCUT2D eigenvalue weighted by Crippen LogP contribution is -2.75. The molecule has 11 nitrogen and oxygen atoms in total. The van der Waals surface area contributed by atoms with E-state index in [2.05, 4.69) is 5.32 Å². The number of aliphatic hydroxyl groups is 1. The minimum Gasteiger partial charge on any atom is -0.508 e. The van der Waals surface area contributed by atoms with Crippen molar-refractivity contribution in [3.8, 4) is 5.75 Å². The third-order valence-electron chi connectivity index (χ3n) is 4.59. The van der Waals surface area contributed by atoms with Gasteiger partial charge in [-0.2, -0.15) is 0 Å². The van der Waals surface area contributed by atoms with E-state index in [0.717, 1.165) is 0 Å². The maximum absolute atomic E-state index is 12.5. The zero-order chi connectivity index (χ0) is 20.8. The molecule has 1 aromatic rings. The van der Waals surface area contributed by atoms with E-state index in [0.29, 0.717) is 10.5 Å². The Labute approximate surface area is 159 Å². The summed E-state index contributed by atoms with van der Waals surface area (Å²) in [6, 6.07) is 2.68. The summed E-state index contributed by atoms with van der Waals surface area (Å²) < 4.78 is 24.9. The first-order chi connectivity index (χ1) is 13.1. The number of sulfone groups is 1. The lowest BCUT2D eigenvalue weighted by atomic mass is 10.0. The van der Waals surface area contributed by atoms with E-state index >= 15 is 0 Å². The Kier molecular flexibility index (Phi) is 4.87. The van der Waals surface area contributed by atoms with Crippen LogP contribution < -0.4 is 11.1 Å². The van der Waals surface area contributed by atoms with Gasteiger partial charge in [-0.3, -0.25) is 14.5 Å². The maximum atomic E-state index is 12.5. The summed E-state index contributed by atoms with van der Waals surface area (Å²) in [5, 5.41) is 28.5. The minimum atomic E-state index is -4.04. The first-order valence-corrected chi connectivity index (χ1v) is 9.75. The van der Waals surface area contributed by atoms with Crippen molar-refractivity contribution in [3.05, 3.63) is 41.1 Å². The molecule has 2 amide bonds. The van der Waals surface area contributed by atoms with Gasteiger partial charge in [0.25, 0.3) is 5.91 Å². The van der Waals surface area contributed by atoms with Crippen LogP contribution in [0.1, 0.15) is 11.6 Å². The molecule has 3 rings (SSSR count). The predicted molar refractivity (Wildman–Crippen MR) is 93.1 cm³/mol. The summed E-state index contributed by atoms with van der Waals surface area (Å²) in [7, 11) is -4.04. The number of β-lactam (4-membered cyclic amide) rings is 1. The average Bonchev–Trinajstić information content (AvgIpc) is 2.64. The number of hydrogen-bond donors (Lipinski definition) is 5. The fraction of sp³-hybridized carbons (Fsp3) is 0.312. The molecule has 0 spiro atoms. The maximum Gasteiger partial charge on any atom is 0.352 e. The van der Waals surface area contributed by atoms with Crippen LogP contribution in [0.5, 0.6) is 5.75 Å². The minimum absolute atomic E-state index is 0.0397. The van der Waals surface area contributed by atoms with Gasteiger partial charge in [0, 0.05) is 5.57 Å². The standard InChI is InChI=1S/C16H17N3O8S/c17-10(7-1-3-9(21)4-2-7)13(22)18-11-14(23)19-12(16(24)25)8(5-20)6-28(26,27)15(11)19/h1-4,10-11,15,20-21H,5-6,17H2,(H,18,22)(H,24,25)/t10?,11-,15-/m0/s1. The third kappa shape index (κ3) is 3.10. The van der Waals surface area contributed by atoms with E-state index < -0.39 is 63.1 Å². The number of aliphatic carboxylic acids is 1. The van der Waals surface area contributed by atoms with E-state index in [9.17, 15) is 38.1 Å². The van der Waals surface area contributed by atoms with E-state index in [1.54, 1.807) is 0 Å². The Morgan fingerprint density at radius 1 is 1.29 bits per heavy atom. The van der Waals surface area contributed by atoms with Crippen molar-refractivity contribution >= 4 is 27.6 Å². The van der Waals surface area contributed by atoms with E-state index in [-0.39, 0.29) is 11.3 Å². The molecule has 1 fully saturated rings. The predicted octanol–water partition coefficient (Wildman–Crippen LogP) is -2.20. The number of phenols is 1. The molecule has 0 radical (unpaired) electrons. The molecule has 28 heavy (non-hydrogen) atoms. The molecule has 1 aromatic carbocycles. The number of benzene rings is 1. The van der Waals surface area contributed by atoms with Crippen molar-refractivity contribution in [2.45, 2.75) is 17.5 Å². The lowest BCUT2D eigenvalue weighted by Gasteiger charge is -2.49. The van der Waals surface area contributed by atoms with Gasteiger partial charge < -0.3 is 26.4 Å². The van der Waals surface area contributed by atoms with Crippen molar-refractivity contribution < 1.29 is 38.1 Å². The molecule has 2 aliphatic rings. The Morgan fingerprint density at radius 2 is 1.89 bits per heavy atom. The second kappa shape index (κ2) is 6.89. The zero-order valence-corrected chi connectivity index (χ0v) is 15.1. The number of nitrogens with zero attached hydrogens (tertiary/aromatic N) is 1. The summed E-state index contributed by atoms with van der Waals surface area (Å²) >= 11 is 0. The second-order valence-corrected chi connectivity index (χ2v) is 8.47. The molecule has 1 saturated heterocycles. The summed E-state index contributed by atoms with van der Waals surface area (Å²) in [4.78, 5) is 36.8. The van der Waals surface area contributed by atoms with Crippen molar-refractivity contribution in [2.24, 2.45) is 5.73 Å². The summed E-state index contributed by atoms with van der Waals surface area (Å²) in [5.74, 6) is -4.10. The van der Waals surface area contributed by atoms with Crippen LogP contribution in [0.15, 0.2) is 35.5 Å². The lowest BCUT2D eigenvalue weighted by molar-refractivity contribution is -0.151. The van der Waals surface area contributed by atoms with Crippen LogP contribution in [-0.4, -0.2) is 70.2 Å². The summed E-state index contributed by atoms with van der Waals surface area (Å²) in [5.41, 5.74) is 5.23. The van der Waals surface area contributed by atoms with Gasteiger partial charge in [0.1, 0.15) is 23.5 Å². The molecule has 12 heteroatoms. The van der Waals surface area contributed by atoms with Crippen LogP contribution in [0.3, 0.4) is 0 Å². The highest BCUT2D eigenvalue weighted by atomic mass is 32.2. The van der Waals surface area contributed by atoms with E-state index in [1.807, 2.05) is 0 Å². The van der Waals surface area contributed by atoms with Crippen LogP contribution in [0.4, 0.5) is 0 Å². The number of carbonyl (C=O) groups excluding carboxylic acids is 2. The van der Waals surface area contributed by atoms with Gasteiger partial charge in [-0.15, -0.1) is 0 Å². The summed E-state index contributed by atoms with van der Waals surface area (Å²) in [6.07, 6.45) is 0. The van der Waals surface area contributed by atoms with Crippen LogP contribution in [0.2, 0.25) is 0 Å². The van der Waals surface area contributed by atoms with Gasteiger partial charge in [-0.05, 0) is 17.7 Å². The quantitative estimate of drug-likeness (QED) is 0.335. The number of carboxylic acids is 1. The van der Waals surface area contributed by atoms with Crippen LogP contribution in [-0.2, 0) is 24.2 Å². The molecule has 1 unspecified atom stereocenters. The van der Waals surface area contributed by atoms with E-state index in [4.69, 9.17) is 5.73 Å². The molecule has 2 aliphatic heterocycles. The second-order valence-electron chi connectivity index (χ2n) is 6.38. The van der Waals surface area contributed by atoms with Crippen molar-refractivity contribution in [3.63, 3.8) is 0 Å². The SMILES string of the molecule is NC(C(=O)N[C@H]1C(=O)N2C(C(=O)O)=C(CO)CS(=O)(=O)[C@@H]12)c1ccc(O)cc1. The molecule has 0 aromatic heterocycles. The fourth-order valence-electron chi connectivity index (χ4n) is 3.22. The van der Waals surface area contributed by atoms with Crippen LogP contribution in [0.25, 0.3) is 0 Å². The molecule has 0 saturated carbocycles. The first-order valence-electron chi connectivity index (χ1n) is 8.04. The number of rotatable bonds is 5. The monoisotopic (exact) mass is 411 g/mol. The highest BCUT2D eigenvalue weighted by Gasteiger charge is 2.60. The number of carbonyl (C=O) groups is 3. The van der Waals surface area contributed by atoms with Crippen LogP contribution >= 0.6 is 0 Å². The number of carboxylic acid groups (broad SMARTS) is 1. The number of nitrogens with two attached hydrogens (primary N) is 1. The van der Waals surface area contributed by atoms with Crippen molar-refractivity contribution in [1.82, 2.24) is 10.2 Å². The van der Waals surface area contributed by atoms with Gasteiger partial charge in [0.05, 0.1) is 12.4 Å². The number of hydrogen-bond acceptors (Lipinski definition) is 8. The molecular formula is C16H17N3O8S. The van der Waals surface area contributed by atoms with Gasteiger partial charge in [-0.1, -0.05) is 12.1 Å². The number of phenolic OH excluding ortho intramolecular Hbond substituents is 1. The largest absolute Gasteiger partial charge is 0.508 e. The molecule has 0 aliphatic carbocycles. The molecular weight excluding hydrogens is 394 g/mol. The molecule has 3 atom stereocenters. The van der Waals surface area contributed by atoms with Gasteiger partial charge in [0.15, 0.2) is 15.2 Å². The van der Waals surface area contributed by atoms with Gasteiger partial charge in [0.2, 0.25) is 5.91 Å². The Bertz CT molecular complexity index is 986. The highest BCUT2D eigenvalue weighted by molar-refractivity contribution is 7.92. The average molecular weight is 411 g/mol. The van der Waals surface area contributed by atoms with Crippen molar-refractivity contribution in [1.29, 1.82) is 0 Å². The normalized spacial score (nSPS) is 24.2. The number of aliphatic hydroxyl groups excluding tert-OH is 1. The Morgan fingerprint density at radius 3 is 2.43 bits per heavy atom. The van der Waals surface area contributed by atoms with E-state index in [1.165, 1.54) is 24.3 Å². The van der Waals surface area contributed by atoms with Crippen molar-refractivity contribution in [2.75, 3.05) is 12.4 Å². The summed E-state index contributed by atoms with van der Waals surface area (Å²) in [6.45, 7) is -0.833. The Hall–Kier alpha value is -2.96. The highest BCUT2D eigenvalue weighted by Crippen LogP contribution is 2.36. The third-order valence-corrected chi connectivity index (χ3v) is 6.56. The number of amides is 2. The fourth-order valence-corrected chi connectivity index (χ4v) is 5.23. The molecule has 0 bridgehead atoms. The number of fused-ring (bicyclic) bond motifs is 1. The smallest absolute Gasteiger partial charge is 0.352 e. The molecule has 2 heterocycles. The first kappa shape index (κ1) is 19.8. The topological polar surface area (TPSA) is 187 Å². The number of aromatic hydroxyl groups is 1. The van der Waals surface area contributed by atoms with Gasteiger partial charge >= 0.3 is 5.97 Å². The molecule has 150 valence electrons. The molecule has 6 N–H and O–H groups in total. The Balaban J connectivity index is 1.85. The zero-order valence-electron chi connectivity index (χ0n) is 14.3. The van der Waals surface area contributed by atoms with Crippen LogP contribution in [0, 0.1) is 0 Å².